The molecule has 1 aromatic heterocycles. The molecule has 92 valence electrons. The average Bonchev–Trinajstić information content (AvgIpc) is 2.76. The molecule has 0 radical (unpaired) electrons. The lowest BCUT2D eigenvalue weighted by molar-refractivity contribution is 0.511. The molecule has 4 heteroatoms. The number of nitrogens with zero attached hydrogens (tertiary/aromatic N) is 1. The summed E-state index contributed by atoms with van der Waals surface area (Å²) >= 11 is 1.62. The van der Waals surface area contributed by atoms with Crippen LogP contribution in [0, 0.1) is 5.92 Å². The van der Waals surface area contributed by atoms with Crippen molar-refractivity contribution in [3.05, 3.63) is 17.6 Å². The first kappa shape index (κ1) is 12.2. The Kier molecular flexibility index (Phi) is 3.52. The van der Waals surface area contributed by atoms with E-state index in [9.17, 15) is 0 Å². The van der Waals surface area contributed by atoms with Crippen LogP contribution in [0.15, 0.2) is 17.6 Å². The van der Waals surface area contributed by atoms with Gasteiger partial charge in [0.2, 0.25) is 0 Å². The van der Waals surface area contributed by atoms with E-state index in [2.05, 4.69) is 43.2 Å². The number of rotatable bonds is 4. The van der Waals surface area contributed by atoms with Gasteiger partial charge in [0.15, 0.2) is 0 Å². The molecule has 0 fully saturated rings. The van der Waals surface area contributed by atoms with E-state index in [0.717, 1.165) is 28.0 Å². The van der Waals surface area contributed by atoms with Crippen molar-refractivity contribution in [2.45, 2.75) is 33.2 Å². The van der Waals surface area contributed by atoms with Crippen molar-refractivity contribution in [2.75, 3.05) is 11.1 Å². The molecule has 1 unspecified atom stereocenters. The average molecular weight is 249 g/mol. The van der Waals surface area contributed by atoms with Crippen LogP contribution in [-0.2, 0) is 0 Å². The van der Waals surface area contributed by atoms with Crippen molar-refractivity contribution in [3.8, 4) is 0 Å². The predicted octanol–water partition coefficient (Wildman–Crippen LogP) is 3.73. The van der Waals surface area contributed by atoms with Gasteiger partial charge in [-0.1, -0.05) is 20.8 Å². The highest BCUT2D eigenvalue weighted by molar-refractivity contribution is 7.16. The Morgan fingerprint density at radius 1 is 1.41 bits per heavy atom. The highest BCUT2D eigenvalue weighted by atomic mass is 32.1. The van der Waals surface area contributed by atoms with Gasteiger partial charge in [0.25, 0.3) is 0 Å². The van der Waals surface area contributed by atoms with Crippen molar-refractivity contribution >= 4 is 32.9 Å². The third kappa shape index (κ3) is 2.36. The molecule has 2 rings (SSSR count). The van der Waals surface area contributed by atoms with E-state index >= 15 is 0 Å². The van der Waals surface area contributed by atoms with E-state index in [0.29, 0.717) is 12.0 Å². The van der Waals surface area contributed by atoms with Gasteiger partial charge in [0, 0.05) is 6.04 Å². The first-order valence-corrected chi connectivity index (χ1v) is 6.89. The second kappa shape index (κ2) is 4.92. The summed E-state index contributed by atoms with van der Waals surface area (Å²) in [6.07, 6.45) is 1.09. The molecule has 17 heavy (non-hydrogen) atoms. The molecule has 0 aliphatic rings. The van der Waals surface area contributed by atoms with E-state index in [-0.39, 0.29) is 0 Å². The number of benzene rings is 1. The quantitative estimate of drug-likeness (QED) is 0.812. The maximum Gasteiger partial charge on any atom is 0.106 e. The summed E-state index contributed by atoms with van der Waals surface area (Å²) in [4.78, 5) is 4.31. The number of hydrogen-bond donors (Lipinski definition) is 2. The number of nitrogen functional groups attached to an aromatic ring is 1. The number of nitrogens with one attached hydrogen (secondary N) is 1. The summed E-state index contributed by atoms with van der Waals surface area (Å²) in [7, 11) is 0. The van der Waals surface area contributed by atoms with Crippen molar-refractivity contribution in [1.29, 1.82) is 0 Å². The standard InChI is InChI=1S/C13H19N3S/c1-4-9(8(2)3)16-10-5-6-11-13(12(10)14)15-7-17-11/h5-9,16H,4,14H2,1-3H3. The number of fused-ring (bicyclic) bond motifs is 1. The topological polar surface area (TPSA) is 50.9 Å². The van der Waals surface area contributed by atoms with Crippen LogP contribution in [0.3, 0.4) is 0 Å². The van der Waals surface area contributed by atoms with Crippen LogP contribution < -0.4 is 11.1 Å². The number of hydrogen-bond acceptors (Lipinski definition) is 4. The molecule has 2 aromatic rings. The largest absolute Gasteiger partial charge is 0.395 e. The van der Waals surface area contributed by atoms with Gasteiger partial charge in [-0.25, -0.2) is 4.98 Å². The minimum absolute atomic E-state index is 0.452. The van der Waals surface area contributed by atoms with Crippen molar-refractivity contribution in [2.24, 2.45) is 5.92 Å². The Labute approximate surface area is 106 Å². The van der Waals surface area contributed by atoms with E-state index < -0.39 is 0 Å². The molecule has 0 aliphatic carbocycles. The fourth-order valence-electron chi connectivity index (χ4n) is 2.02. The monoisotopic (exact) mass is 249 g/mol. The number of aromatic nitrogens is 1. The molecule has 3 N–H and O–H groups in total. The van der Waals surface area contributed by atoms with E-state index in [1.807, 2.05) is 5.51 Å². The summed E-state index contributed by atoms with van der Waals surface area (Å²) in [5.41, 5.74) is 10.7. The van der Waals surface area contributed by atoms with Gasteiger partial charge in [-0.3, -0.25) is 0 Å². The smallest absolute Gasteiger partial charge is 0.106 e. The zero-order chi connectivity index (χ0) is 12.4. The van der Waals surface area contributed by atoms with E-state index in [1.165, 1.54) is 0 Å². The molecule has 0 saturated carbocycles. The lowest BCUT2D eigenvalue weighted by atomic mass is 10.0. The summed E-state index contributed by atoms with van der Waals surface area (Å²) in [6, 6.07) is 4.59. The zero-order valence-corrected chi connectivity index (χ0v) is 11.3. The van der Waals surface area contributed by atoms with Gasteiger partial charge in [-0.15, -0.1) is 11.3 Å². The van der Waals surface area contributed by atoms with Crippen LogP contribution in [0.25, 0.3) is 10.2 Å². The van der Waals surface area contributed by atoms with Crippen LogP contribution >= 0.6 is 11.3 Å². The number of thiazole rings is 1. The number of nitrogens with two attached hydrogens (primary N) is 1. The highest BCUT2D eigenvalue weighted by Gasteiger charge is 2.13. The molecule has 3 nitrogen and oxygen atoms in total. The van der Waals surface area contributed by atoms with Crippen molar-refractivity contribution in [3.63, 3.8) is 0 Å². The molecule has 0 saturated heterocycles. The lowest BCUT2D eigenvalue weighted by Crippen LogP contribution is -2.25. The second-order valence-electron chi connectivity index (χ2n) is 4.63. The van der Waals surface area contributed by atoms with Crippen LogP contribution in [0.2, 0.25) is 0 Å². The third-order valence-electron chi connectivity index (χ3n) is 3.13. The van der Waals surface area contributed by atoms with E-state index in [1.54, 1.807) is 11.3 Å². The summed E-state index contributed by atoms with van der Waals surface area (Å²) in [5.74, 6) is 0.588. The normalized spacial score (nSPS) is 13.2. The first-order valence-electron chi connectivity index (χ1n) is 6.01. The fraction of sp³-hybridized carbons (Fsp3) is 0.462. The van der Waals surface area contributed by atoms with Crippen LogP contribution in [0.1, 0.15) is 27.2 Å². The third-order valence-corrected chi connectivity index (χ3v) is 3.92. The maximum absolute atomic E-state index is 6.15. The molecular formula is C13H19N3S. The summed E-state index contributed by atoms with van der Waals surface area (Å²) in [6.45, 7) is 6.63. The minimum atomic E-state index is 0.452. The molecule has 0 bridgehead atoms. The summed E-state index contributed by atoms with van der Waals surface area (Å²) in [5, 5.41) is 3.52. The molecular weight excluding hydrogens is 230 g/mol. The Hall–Kier alpha value is -1.29. The molecule has 1 aromatic carbocycles. The first-order chi connectivity index (χ1) is 8.13. The Balaban J connectivity index is 2.32. The van der Waals surface area contributed by atoms with Crippen LogP contribution in [0.5, 0.6) is 0 Å². The molecule has 0 aliphatic heterocycles. The van der Waals surface area contributed by atoms with Gasteiger partial charge in [-0.2, -0.15) is 0 Å². The van der Waals surface area contributed by atoms with Crippen LogP contribution in [0.4, 0.5) is 11.4 Å². The minimum Gasteiger partial charge on any atom is -0.395 e. The Morgan fingerprint density at radius 3 is 2.82 bits per heavy atom. The Bertz CT molecular complexity index is 504. The van der Waals surface area contributed by atoms with Crippen molar-refractivity contribution < 1.29 is 0 Å². The second-order valence-corrected chi connectivity index (χ2v) is 5.52. The maximum atomic E-state index is 6.15. The van der Waals surface area contributed by atoms with Gasteiger partial charge < -0.3 is 11.1 Å². The zero-order valence-electron chi connectivity index (χ0n) is 10.5. The molecule has 1 atom stereocenters. The van der Waals surface area contributed by atoms with Gasteiger partial charge in [0.05, 0.1) is 21.6 Å². The summed E-state index contributed by atoms with van der Waals surface area (Å²) < 4.78 is 1.14. The Morgan fingerprint density at radius 2 is 2.18 bits per heavy atom. The molecule has 0 spiro atoms. The predicted molar refractivity (Wildman–Crippen MR) is 76.6 cm³/mol. The molecule has 1 heterocycles. The SMILES string of the molecule is CCC(Nc1ccc2scnc2c1N)C(C)C. The van der Waals surface area contributed by atoms with Gasteiger partial charge >= 0.3 is 0 Å². The van der Waals surface area contributed by atoms with Crippen molar-refractivity contribution in [1.82, 2.24) is 4.98 Å². The number of anilines is 2. The lowest BCUT2D eigenvalue weighted by Gasteiger charge is -2.23. The molecule has 0 amide bonds. The van der Waals surface area contributed by atoms with Gasteiger partial charge in [0.1, 0.15) is 5.52 Å². The van der Waals surface area contributed by atoms with Crippen LogP contribution in [-0.4, -0.2) is 11.0 Å². The van der Waals surface area contributed by atoms with Gasteiger partial charge in [-0.05, 0) is 24.5 Å². The van der Waals surface area contributed by atoms with E-state index in [4.69, 9.17) is 5.73 Å². The highest BCUT2D eigenvalue weighted by Crippen LogP contribution is 2.31. The fourth-order valence-corrected chi connectivity index (χ4v) is 2.71.